The van der Waals surface area contributed by atoms with Gasteiger partial charge in [-0.1, -0.05) is 101 Å². The number of hydrogen-bond donors (Lipinski definition) is 0. The van der Waals surface area contributed by atoms with Crippen molar-refractivity contribution in [2.24, 2.45) is 0 Å². The molecule has 0 aliphatic rings. The predicted molar refractivity (Wildman–Crippen MR) is 107 cm³/mol. The third-order valence-electron chi connectivity index (χ3n) is 3.82. The van der Waals surface area contributed by atoms with Crippen molar-refractivity contribution in [3.63, 3.8) is 0 Å². The van der Waals surface area contributed by atoms with E-state index < -0.39 is 7.92 Å². The Morgan fingerprint density at radius 2 is 1.09 bits per heavy atom. The molecule has 0 bridgehead atoms. The van der Waals surface area contributed by atoms with Gasteiger partial charge in [-0.25, -0.2) is 0 Å². The minimum absolute atomic E-state index is 0.481. The summed E-state index contributed by atoms with van der Waals surface area (Å²) < 4.78 is 0. The normalized spacial score (nSPS) is 10.9. The molecule has 0 heterocycles. The summed E-state index contributed by atoms with van der Waals surface area (Å²) in [7, 11) is -0.481. The third kappa shape index (κ3) is 4.31. The number of aryl methyl sites for hydroxylation is 1. The highest BCUT2D eigenvalue weighted by atomic mass is 79.9. The quantitative estimate of drug-likeness (QED) is 0.425. The van der Waals surface area contributed by atoms with Crippen LogP contribution in [0.3, 0.4) is 0 Å². The van der Waals surface area contributed by atoms with Gasteiger partial charge in [0, 0.05) is 5.33 Å². The van der Waals surface area contributed by atoms with E-state index >= 15 is 0 Å². The highest BCUT2D eigenvalue weighted by Crippen LogP contribution is 2.32. The highest BCUT2D eigenvalue weighted by Gasteiger charge is 2.15. The lowest BCUT2D eigenvalue weighted by molar-refractivity contribution is 0.940. The fourth-order valence-corrected chi connectivity index (χ4v) is 5.25. The Labute approximate surface area is 148 Å². The van der Waals surface area contributed by atoms with Crippen LogP contribution >= 0.6 is 23.9 Å². The van der Waals surface area contributed by atoms with Gasteiger partial charge in [0.2, 0.25) is 0 Å². The Morgan fingerprint density at radius 3 is 1.57 bits per heavy atom. The van der Waals surface area contributed by atoms with E-state index in [4.69, 9.17) is 0 Å². The topological polar surface area (TPSA) is 0 Å². The number of benzene rings is 3. The molecule has 0 atom stereocenters. The van der Waals surface area contributed by atoms with E-state index in [1.54, 1.807) is 0 Å². The Hall–Kier alpha value is -1.43. The first-order valence-electron chi connectivity index (χ1n) is 7.93. The minimum Gasteiger partial charge on any atom is -0.0928 e. The van der Waals surface area contributed by atoms with Crippen molar-refractivity contribution < 1.29 is 0 Å². The zero-order valence-corrected chi connectivity index (χ0v) is 15.5. The average Bonchev–Trinajstić information content (AvgIpc) is 2.63. The lowest BCUT2D eigenvalue weighted by Crippen LogP contribution is -2.20. The van der Waals surface area contributed by atoms with Gasteiger partial charge in [-0.2, -0.15) is 0 Å². The van der Waals surface area contributed by atoms with E-state index in [1.807, 2.05) is 0 Å². The largest absolute Gasteiger partial charge is 0.0928 e. The standard InChI is InChI=1S/C21H20BrP/c22-17-7-8-18-13-15-21(16-14-18)23(19-9-3-1-4-10-19)20-11-5-2-6-12-20/h1-6,9-16H,7-8,17H2. The lowest BCUT2D eigenvalue weighted by atomic mass is 10.1. The Kier molecular flexibility index (Phi) is 6.02. The van der Waals surface area contributed by atoms with Crippen LogP contribution in [0.4, 0.5) is 0 Å². The van der Waals surface area contributed by atoms with Crippen LogP contribution < -0.4 is 15.9 Å². The van der Waals surface area contributed by atoms with Gasteiger partial charge in [0.15, 0.2) is 0 Å². The van der Waals surface area contributed by atoms with Crippen LogP contribution in [-0.4, -0.2) is 5.33 Å². The van der Waals surface area contributed by atoms with Crippen molar-refractivity contribution in [1.82, 2.24) is 0 Å². The molecular formula is C21H20BrP. The Morgan fingerprint density at radius 1 is 0.609 bits per heavy atom. The van der Waals surface area contributed by atoms with Crippen molar-refractivity contribution in [2.75, 3.05) is 5.33 Å². The second-order valence-corrected chi connectivity index (χ2v) is 8.48. The summed E-state index contributed by atoms with van der Waals surface area (Å²) in [6.45, 7) is 0. The average molecular weight is 383 g/mol. The molecule has 23 heavy (non-hydrogen) atoms. The van der Waals surface area contributed by atoms with Gasteiger partial charge in [-0.15, -0.1) is 0 Å². The van der Waals surface area contributed by atoms with E-state index in [0.717, 1.165) is 11.8 Å². The van der Waals surface area contributed by atoms with Gasteiger partial charge in [-0.3, -0.25) is 0 Å². The summed E-state index contributed by atoms with van der Waals surface area (Å²) >= 11 is 3.51. The summed E-state index contributed by atoms with van der Waals surface area (Å²) in [5.74, 6) is 0. The fourth-order valence-electron chi connectivity index (χ4n) is 2.68. The maximum Gasteiger partial charge on any atom is 0.00344 e. The molecule has 116 valence electrons. The molecule has 0 amide bonds. The summed E-state index contributed by atoms with van der Waals surface area (Å²) in [6, 6.07) is 30.9. The molecule has 0 aliphatic heterocycles. The molecule has 0 unspecified atom stereocenters. The molecule has 0 radical (unpaired) electrons. The van der Waals surface area contributed by atoms with Gasteiger partial charge < -0.3 is 0 Å². The molecule has 3 aromatic rings. The molecule has 0 saturated heterocycles. The van der Waals surface area contributed by atoms with Crippen molar-refractivity contribution in [3.05, 3.63) is 90.5 Å². The monoisotopic (exact) mass is 382 g/mol. The summed E-state index contributed by atoms with van der Waals surface area (Å²) in [6.07, 6.45) is 2.33. The molecule has 2 heteroatoms. The number of alkyl halides is 1. The Bertz CT molecular complexity index is 668. The van der Waals surface area contributed by atoms with Crippen molar-refractivity contribution in [3.8, 4) is 0 Å². The smallest absolute Gasteiger partial charge is 0.00344 e. The van der Waals surface area contributed by atoms with Crippen molar-refractivity contribution >= 4 is 39.8 Å². The number of hydrogen-bond acceptors (Lipinski definition) is 0. The minimum atomic E-state index is -0.481. The third-order valence-corrected chi connectivity index (χ3v) is 6.83. The first-order valence-corrected chi connectivity index (χ1v) is 10.4. The van der Waals surface area contributed by atoms with Crippen LogP contribution in [0.15, 0.2) is 84.9 Å². The van der Waals surface area contributed by atoms with Crippen LogP contribution in [0, 0.1) is 0 Å². The molecule has 0 saturated carbocycles. The van der Waals surface area contributed by atoms with Gasteiger partial charge in [0.05, 0.1) is 0 Å². The van der Waals surface area contributed by atoms with Gasteiger partial charge in [0.25, 0.3) is 0 Å². The van der Waals surface area contributed by atoms with Crippen LogP contribution in [-0.2, 0) is 6.42 Å². The molecule has 3 aromatic carbocycles. The van der Waals surface area contributed by atoms with Crippen LogP contribution in [0.1, 0.15) is 12.0 Å². The maximum atomic E-state index is 3.51. The second-order valence-electron chi connectivity index (χ2n) is 5.47. The summed E-state index contributed by atoms with van der Waals surface area (Å²) in [5, 5.41) is 5.29. The van der Waals surface area contributed by atoms with Crippen LogP contribution in [0.2, 0.25) is 0 Å². The van der Waals surface area contributed by atoms with E-state index in [-0.39, 0.29) is 0 Å². The molecular weight excluding hydrogens is 363 g/mol. The van der Waals surface area contributed by atoms with Crippen molar-refractivity contribution in [1.29, 1.82) is 0 Å². The number of rotatable bonds is 6. The first kappa shape index (κ1) is 16.4. The lowest BCUT2D eigenvalue weighted by Gasteiger charge is -2.19. The fraction of sp³-hybridized carbons (Fsp3) is 0.143. The first-order chi connectivity index (χ1) is 11.4. The molecule has 0 aromatic heterocycles. The second kappa shape index (κ2) is 8.43. The zero-order chi connectivity index (χ0) is 15.9. The summed E-state index contributed by atoms with van der Waals surface area (Å²) in [4.78, 5) is 0. The van der Waals surface area contributed by atoms with E-state index in [0.29, 0.717) is 0 Å². The van der Waals surface area contributed by atoms with Gasteiger partial charge >= 0.3 is 0 Å². The molecule has 0 aliphatic carbocycles. The molecule has 0 spiro atoms. The SMILES string of the molecule is BrCCCc1ccc(P(c2ccccc2)c2ccccc2)cc1. The highest BCUT2D eigenvalue weighted by molar-refractivity contribution is 9.09. The maximum absolute atomic E-state index is 3.51. The van der Waals surface area contributed by atoms with Gasteiger partial charge in [-0.05, 0) is 42.2 Å². The number of halogens is 1. The van der Waals surface area contributed by atoms with Crippen LogP contribution in [0.25, 0.3) is 0 Å². The molecule has 0 fully saturated rings. The van der Waals surface area contributed by atoms with E-state index in [9.17, 15) is 0 Å². The van der Waals surface area contributed by atoms with Crippen molar-refractivity contribution in [2.45, 2.75) is 12.8 Å². The molecule has 0 nitrogen and oxygen atoms in total. The summed E-state index contributed by atoms with van der Waals surface area (Å²) in [5.41, 5.74) is 1.42. The van der Waals surface area contributed by atoms with Crippen LogP contribution in [0.5, 0.6) is 0 Å². The Balaban J connectivity index is 1.96. The van der Waals surface area contributed by atoms with E-state index in [2.05, 4.69) is 101 Å². The zero-order valence-electron chi connectivity index (χ0n) is 13.0. The van der Waals surface area contributed by atoms with E-state index in [1.165, 1.54) is 27.9 Å². The molecule has 0 N–H and O–H groups in total. The van der Waals surface area contributed by atoms with Gasteiger partial charge in [0.1, 0.15) is 0 Å². The predicted octanol–water partition coefficient (Wildman–Crippen LogP) is 4.77. The molecule has 3 rings (SSSR count).